The molecule has 0 radical (unpaired) electrons. The number of amides is 1. The molecule has 0 bridgehead atoms. The van der Waals surface area contributed by atoms with Gasteiger partial charge in [0.2, 0.25) is 6.41 Å². The topological polar surface area (TPSA) is 64.8 Å². The smallest absolute Gasteiger partial charge is 0.223 e. The van der Waals surface area contributed by atoms with Gasteiger partial charge in [-0.05, 0) is 23.6 Å². The second-order valence-corrected chi connectivity index (χ2v) is 5.61. The number of hydrazine groups is 1. The SMILES string of the molecule is NN(C=O)CC1CCOc2cc(OCc3ccccc3)ccc21. The van der Waals surface area contributed by atoms with Gasteiger partial charge < -0.3 is 9.47 Å². The molecule has 0 aliphatic carbocycles. The fourth-order valence-corrected chi connectivity index (χ4v) is 2.76. The minimum Gasteiger partial charge on any atom is -0.493 e. The van der Waals surface area contributed by atoms with Gasteiger partial charge in [-0.3, -0.25) is 9.80 Å². The van der Waals surface area contributed by atoms with Crippen molar-refractivity contribution in [1.29, 1.82) is 0 Å². The molecule has 2 aromatic carbocycles. The number of nitrogens with zero attached hydrogens (tertiary/aromatic N) is 1. The van der Waals surface area contributed by atoms with Crippen LogP contribution in [0.25, 0.3) is 0 Å². The molecule has 0 saturated carbocycles. The van der Waals surface area contributed by atoms with E-state index in [-0.39, 0.29) is 5.92 Å². The van der Waals surface area contributed by atoms with Crippen LogP contribution in [0.3, 0.4) is 0 Å². The Balaban J connectivity index is 1.70. The Morgan fingerprint density at radius 2 is 2.09 bits per heavy atom. The molecule has 23 heavy (non-hydrogen) atoms. The van der Waals surface area contributed by atoms with Gasteiger partial charge in [0, 0.05) is 18.5 Å². The highest BCUT2D eigenvalue weighted by Crippen LogP contribution is 2.36. The fraction of sp³-hybridized carbons (Fsp3) is 0.278. The molecule has 0 saturated heterocycles. The molecule has 1 unspecified atom stereocenters. The third-order valence-electron chi connectivity index (χ3n) is 3.96. The molecule has 0 aromatic heterocycles. The fourth-order valence-electron chi connectivity index (χ4n) is 2.76. The number of hydrogen-bond acceptors (Lipinski definition) is 4. The molecule has 1 aliphatic heterocycles. The van der Waals surface area contributed by atoms with Crippen LogP contribution < -0.4 is 15.3 Å². The predicted octanol–water partition coefficient (Wildman–Crippen LogP) is 2.46. The van der Waals surface area contributed by atoms with Gasteiger partial charge in [0.25, 0.3) is 0 Å². The van der Waals surface area contributed by atoms with Crippen molar-refractivity contribution < 1.29 is 14.3 Å². The van der Waals surface area contributed by atoms with Gasteiger partial charge in [0.05, 0.1) is 6.61 Å². The first-order chi connectivity index (χ1) is 11.3. The maximum absolute atomic E-state index is 10.7. The molecule has 2 N–H and O–H groups in total. The van der Waals surface area contributed by atoms with E-state index in [1.165, 1.54) is 5.01 Å². The standard InChI is InChI=1S/C18H20N2O3/c19-20(13-21)11-15-8-9-22-18-10-16(6-7-17(15)18)23-12-14-4-2-1-3-5-14/h1-7,10,13,15H,8-9,11-12,19H2. The molecule has 120 valence electrons. The van der Waals surface area contributed by atoms with Crippen LogP contribution in [0.1, 0.15) is 23.5 Å². The lowest BCUT2D eigenvalue weighted by atomic mass is 9.93. The summed E-state index contributed by atoms with van der Waals surface area (Å²) in [6.07, 6.45) is 1.49. The van der Waals surface area contributed by atoms with Crippen LogP contribution in [-0.2, 0) is 11.4 Å². The van der Waals surface area contributed by atoms with E-state index in [4.69, 9.17) is 15.3 Å². The molecule has 5 heteroatoms. The lowest BCUT2D eigenvalue weighted by Crippen LogP contribution is -2.35. The molecular formula is C18H20N2O3. The second-order valence-electron chi connectivity index (χ2n) is 5.61. The molecule has 1 amide bonds. The van der Waals surface area contributed by atoms with Crippen LogP contribution in [0.15, 0.2) is 48.5 Å². The summed E-state index contributed by atoms with van der Waals surface area (Å²) in [6, 6.07) is 15.9. The van der Waals surface area contributed by atoms with Crippen LogP contribution in [0.2, 0.25) is 0 Å². The summed E-state index contributed by atoms with van der Waals surface area (Å²) in [7, 11) is 0. The minimum atomic E-state index is 0.192. The van der Waals surface area contributed by atoms with E-state index in [9.17, 15) is 4.79 Å². The number of carbonyl (C=O) groups excluding carboxylic acids is 1. The van der Waals surface area contributed by atoms with Gasteiger partial charge in [-0.2, -0.15) is 0 Å². The number of nitrogens with two attached hydrogens (primary N) is 1. The second kappa shape index (κ2) is 7.15. The first-order valence-electron chi connectivity index (χ1n) is 7.66. The summed E-state index contributed by atoms with van der Waals surface area (Å²) < 4.78 is 11.6. The van der Waals surface area contributed by atoms with Gasteiger partial charge >= 0.3 is 0 Å². The van der Waals surface area contributed by atoms with Gasteiger partial charge in [0.15, 0.2) is 0 Å². The van der Waals surface area contributed by atoms with Gasteiger partial charge in [-0.1, -0.05) is 36.4 Å². The predicted molar refractivity (Wildman–Crippen MR) is 87.0 cm³/mol. The number of benzene rings is 2. The first-order valence-corrected chi connectivity index (χ1v) is 7.66. The molecular weight excluding hydrogens is 292 g/mol. The Labute approximate surface area is 135 Å². The molecule has 5 nitrogen and oxygen atoms in total. The lowest BCUT2D eigenvalue weighted by molar-refractivity contribution is -0.118. The van der Waals surface area contributed by atoms with Crippen LogP contribution in [0.5, 0.6) is 11.5 Å². The van der Waals surface area contributed by atoms with E-state index in [2.05, 4.69) is 0 Å². The Hall–Kier alpha value is -2.53. The number of hydrogen-bond donors (Lipinski definition) is 1. The van der Waals surface area contributed by atoms with Crippen molar-refractivity contribution in [2.75, 3.05) is 13.2 Å². The Kier molecular flexibility index (Phi) is 4.78. The third kappa shape index (κ3) is 3.81. The largest absolute Gasteiger partial charge is 0.493 e. The quantitative estimate of drug-likeness (QED) is 0.385. The van der Waals surface area contributed by atoms with E-state index in [1.54, 1.807) is 0 Å². The zero-order valence-corrected chi connectivity index (χ0v) is 12.9. The molecule has 0 spiro atoms. The lowest BCUT2D eigenvalue weighted by Gasteiger charge is -2.28. The van der Waals surface area contributed by atoms with E-state index in [1.807, 2.05) is 48.5 Å². The van der Waals surface area contributed by atoms with Crippen molar-refractivity contribution in [1.82, 2.24) is 5.01 Å². The highest BCUT2D eigenvalue weighted by atomic mass is 16.5. The first kappa shape index (κ1) is 15.4. The Bertz CT molecular complexity index is 661. The summed E-state index contributed by atoms with van der Waals surface area (Å²) >= 11 is 0. The average Bonchev–Trinajstić information content (AvgIpc) is 2.60. The number of ether oxygens (including phenoxy) is 2. The highest BCUT2D eigenvalue weighted by Gasteiger charge is 2.23. The highest BCUT2D eigenvalue weighted by molar-refractivity contribution is 5.48. The molecule has 3 rings (SSSR count). The molecule has 1 heterocycles. The van der Waals surface area contributed by atoms with Crippen molar-refractivity contribution in [3.8, 4) is 11.5 Å². The summed E-state index contributed by atoms with van der Waals surface area (Å²) in [5.74, 6) is 7.38. The van der Waals surface area contributed by atoms with E-state index in [0.717, 1.165) is 29.0 Å². The molecule has 0 fully saturated rings. The van der Waals surface area contributed by atoms with Crippen molar-refractivity contribution in [2.45, 2.75) is 18.9 Å². The van der Waals surface area contributed by atoms with Crippen LogP contribution in [0, 0.1) is 0 Å². The van der Waals surface area contributed by atoms with Gasteiger partial charge in [-0.25, -0.2) is 5.84 Å². The average molecular weight is 312 g/mol. The Morgan fingerprint density at radius 3 is 2.87 bits per heavy atom. The monoisotopic (exact) mass is 312 g/mol. The number of carbonyl (C=O) groups is 1. The van der Waals surface area contributed by atoms with E-state index in [0.29, 0.717) is 26.2 Å². The molecule has 1 aliphatic rings. The minimum absolute atomic E-state index is 0.192. The number of rotatable bonds is 6. The van der Waals surface area contributed by atoms with Gasteiger partial charge in [-0.15, -0.1) is 0 Å². The van der Waals surface area contributed by atoms with Crippen LogP contribution in [-0.4, -0.2) is 24.6 Å². The maximum Gasteiger partial charge on any atom is 0.223 e. The summed E-state index contributed by atoms with van der Waals surface area (Å²) in [6.45, 7) is 1.63. The normalized spacial score (nSPS) is 16.1. The van der Waals surface area contributed by atoms with Gasteiger partial charge in [0.1, 0.15) is 18.1 Å². The van der Waals surface area contributed by atoms with Crippen molar-refractivity contribution in [3.05, 3.63) is 59.7 Å². The van der Waals surface area contributed by atoms with Crippen molar-refractivity contribution in [2.24, 2.45) is 5.84 Å². The van der Waals surface area contributed by atoms with Crippen molar-refractivity contribution >= 4 is 6.41 Å². The van der Waals surface area contributed by atoms with Crippen molar-refractivity contribution in [3.63, 3.8) is 0 Å². The summed E-state index contributed by atoms with van der Waals surface area (Å²) in [5.41, 5.74) is 2.19. The van der Waals surface area contributed by atoms with Crippen LogP contribution >= 0.6 is 0 Å². The third-order valence-corrected chi connectivity index (χ3v) is 3.96. The zero-order chi connectivity index (χ0) is 16.1. The zero-order valence-electron chi connectivity index (χ0n) is 12.9. The van der Waals surface area contributed by atoms with Crippen LogP contribution in [0.4, 0.5) is 0 Å². The number of fused-ring (bicyclic) bond motifs is 1. The van der Waals surface area contributed by atoms with E-state index < -0.39 is 0 Å². The Morgan fingerprint density at radius 1 is 1.26 bits per heavy atom. The summed E-state index contributed by atoms with van der Waals surface area (Å²) in [4.78, 5) is 10.7. The summed E-state index contributed by atoms with van der Waals surface area (Å²) in [5, 5.41) is 1.18. The molecule has 2 aromatic rings. The van der Waals surface area contributed by atoms with E-state index >= 15 is 0 Å². The maximum atomic E-state index is 10.7. The molecule has 1 atom stereocenters.